The molecule has 1 amide bonds. The Bertz CT molecular complexity index is 773. The summed E-state index contributed by atoms with van der Waals surface area (Å²) in [5.41, 5.74) is 2.69. The molecule has 0 fully saturated rings. The van der Waals surface area contributed by atoms with E-state index < -0.39 is 10.8 Å². The maximum absolute atomic E-state index is 11.0. The Morgan fingerprint density at radius 2 is 2.27 bits per heavy atom. The monoisotopic (exact) mass is 298 g/mol. The van der Waals surface area contributed by atoms with Gasteiger partial charge in [-0.1, -0.05) is 12.1 Å². The van der Waals surface area contributed by atoms with E-state index in [1.807, 2.05) is 0 Å². The number of nitro benzene ring substituents is 1. The fourth-order valence-electron chi connectivity index (χ4n) is 1.63. The van der Waals surface area contributed by atoms with Crippen LogP contribution in [0.4, 0.5) is 5.69 Å². The highest BCUT2D eigenvalue weighted by Crippen LogP contribution is 2.25. The number of nitrogens with zero attached hydrogens (tertiary/aromatic N) is 3. The largest absolute Gasteiger partial charge is 0.455 e. The van der Waals surface area contributed by atoms with Gasteiger partial charge in [-0.2, -0.15) is 10.4 Å². The van der Waals surface area contributed by atoms with Crippen LogP contribution >= 0.6 is 0 Å². The average molecular weight is 298 g/mol. The fourth-order valence-corrected chi connectivity index (χ4v) is 1.63. The number of rotatable bonds is 5. The number of nitriles is 1. The summed E-state index contributed by atoms with van der Waals surface area (Å²) in [5.74, 6) is 0.275. The van der Waals surface area contributed by atoms with Gasteiger partial charge in [0.25, 0.3) is 11.6 Å². The molecule has 110 valence electrons. The second-order valence-electron chi connectivity index (χ2n) is 4.14. The summed E-state index contributed by atoms with van der Waals surface area (Å²) in [7, 11) is 0. The molecule has 0 unspecified atom stereocenters. The minimum atomic E-state index is -0.524. The summed E-state index contributed by atoms with van der Waals surface area (Å²) in [6.07, 6.45) is 0.991. The number of carbonyl (C=O) groups is 1. The number of hydrogen-bond donors (Lipinski definition) is 1. The van der Waals surface area contributed by atoms with E-state index in [-0.39, 0.29) is 12.1 Å². The van der Waals surface area contributed by atoms with Gasteiger partial charge in [0.1, 0.15) is 17.9 Å². The molecular formula is C14H10N4O4. The predicted octanol–water partition coefficient (Wildman–Crippen LogP) is 2.22. The third-order valence-electron chi connectivity index (χ3n) is 2.59. The standard InChI is InChI=1S/C14H10N4O4/c15-7-6-14(19)17-16-9-12-4-5-13(22-12)10-2-1-3-11(8-10)18(20)21/h1-5,8-9H,6H2,(H,17,19)/b16-9+. The van der Waals surface area contributed by atoms with Gasteiger partial charge in [-0.15, -0.1) is 0 Å². The van der Waals surface area contributed by atoms with Gasteiger partial charge in [-0.05, 0) is 12.1 Å². The SMILES string of the molecule is N#CCC(=O)N/N=C/c1ccc(-c2cccc([N+](=O)[O-])c2)o1. The van der Waals surface area contributed by atoms with Crippen molar-refractivity contribution in [1.29, 1.82) is 5.26 Å². The van der Waals surface area contributed by atoms with Crippen LogP contribution in [0.2, 0.25) is 0 Å². The Morgan fingerprint density at radius 3 is 3.00 bits per heavy atom. The van der Waals surface area contributed by atoms with Crippen molar-refractivity contribution in [2.24, 2.45) is 5.10 Å². The Hall–Kier alpha value is -3.47. The van der Waals surface area contributed by atoms with Crippen LogP contribution < -0.4 is 5.43 Å². The molecule has 2 aromatic rings. The molecule has 0 saturated heterocycles. The van der Waals surface area contributed by atoms with E-state index in [0.29, 0.717) is 17.1 Å². The third kappa shape index (κ3) is 3.77. The lowest BCUT2D eigenvalue weighted by atomic mass is 10.1. The van der Waals surface area contributed by atoms with Crippen LogP contribution in [-0.4, -0.2) is 17.0 Å². The number of nitro groups is 1. The molecule has 8 heteroatoms. The van der Waals surface area contributed by atoms with Gasteiger partial charge in [0.05, 0.1) is 17.2 Å². The maximum Gasteiger partial charge on any atom is 0.270 e. The summed E-state index contributed by atoms with van der Waals surface area (Å²) < 4.78 is 5.46. The van der Waals surface area contributed by atoms with E-state index in [2.05, 4.69) is 10.5 Å². The molecule has 0 bridgehead atoms. The minimum Gasteiger partial charge on any atom is -0.455 e. The van der Waals surface area contributed by atoms with E-state index in [1.54, 1.807) is 30.3 Å². The third-order valence-corrected chi connectivity index (χ3v) is 2.59. The molecule has 1 aromatic heterocycles. The van der Waals surface area contributed by atoms with Crippen molar-refractivity contribution in [3.05, 3.63) is 52.3 Å². The van der Waals surface area contributed by atoms with E-state index in [1.165, 1.54) is 18.3 Å². The van der Waals surface area contributed by atoms with Gasteiger partial charge >= 0.3 is 0 Å². The predicted molar refractivity (Wildman–Crippen MR) is 76.8 cm³/mol. The van der Waals surface area contributed by atoms with E-state index in [4.69, 9.17) is 9.68 Å². The first-order valence-corrected chi connectivity index (χ1v) is 6.13. The number of hydrogen-bond acceptors (Lipinski definition) is 6. The number of furan rings is 1. The molecule has 0 aliphatic carbocycles. The Balaban J connectivity index is 2.10. The molecule has 0 spiro atoms. The molecule has 1 aromatic carbocycles. The molecule has 1 N–H and O–H groups in total. The van der Waals surface area contributed by atoms with Gasteiger partial charge in [0.2, 0.25) is 0 Å². The molecule has 1 heterocycles. The van der Waals surface area contributed by atoms with Crippen molar-refractivity contribution >= 4 is 17.8 Å². The lowest BCUT2D eigenvalue weighted by molar-refractivity contribution is -0.384. The molecule has 8 nitrogen and oxygen atoms in total. The maximum atomic E-state index is 11.0. The summed E-state index contributed by atoms with van der Waals surface area (Å²) >= 11 is 0. The van der Waals surface area contributed by atoms with Crippen LogP contribution in [0, 0.1) is 21.4 Å². The fraction of sp³-hybridized carbons (Fsp3) is 0.0714. The van der Waals surface area contributed by atoms with Gasteiger partial charge < -0.3 is 4.42 Å². The Kier molecular flexibility index (Phi) is 4.62. The number of carbonyl (C=O) groups excluding carboxylic acids is 1. The first-order chi connectivity index (χ1) is 10.6. The molecule has 0 aliphatic rings. The molecule has 0 radical (unpaired) electrons. The molecule has 0 aliphatic heterocycles. The zero-order valence-electron chi connectivity index (χ0n) is 11.2. The molecule has 22 heavy (non-hydrogen) atoms. The summed E-state index contributed by atoms with van der Waals surface area (Å²) in [4.78, 5) is 21.3. The second-order valence-corrected chi connectivity index (χ2v) is 4.14. The molecule has 0 atom stereocenters. The first kappa shape index (κ1) is 14.9. The average Bonchev–Trinajstić information content (AvgIpc) is 2.96. The summed E-state index contributed by atoms with van der Waals surface area (Å²) in [6, 6.07) is 11.0. The quantitative estimate of drug-likeness (QED) is 0.515. The highest BCUT2D eigenvalue weighted by atomic mass is 16.6. The van der Waals surface area contributed by atoms with E-state index in [9.17, 15) is 14.9 Å². The number of nitrogens with one attached hydrogen (secondary N) is 1. The molecule has 2 rings (SSSR count). The topological polar surface area (TPSA) is 122 Å². The highest BCUT2D eigenvalue weighted by Gasteiger charge is 2.09. The minimum absolute atomic E-state index is 0.0344. The van der Waals surface area contributed by atoms with Crippen molar-refractivity contribution in [3.63, 3.8) is 0 Å². The first-order valence-electron chi connectivity index (χ1n) is 6.13. The zero-order valence-corrected chi connectivity index (χ0v) is 11.2. The van der Waals surface area contributed by atoms with Crippen LogP contribution in [0.25, 0.3) is 11.3 Å². The van der Waals surface area contributed by atoms with Crippen LogP contribution in [0.15, 0.2) is 45.9 Å². The van der Waals surface area contributed by atoms with Crippen LogP contribution in [0.1, 0.15) is 12.2 Å². The normalized spacial score (nSPS) is 10.3. The van der Waals surface area contributed by atoms with Gasteiger partial charge in [0.15, 0.2) is 0 Å². The van der Waals surface area contributed by atoms with Gasteiger partial charge in [-0.3, -0.25) is 14.9 Å². The molecular weight excluding hydrogens is 288 g/mol. The van der Waals surface area contributed by atoms with E-state index >= 15 is 0 Å². The summed E-state index contributed by atoms with van der Waals surface area (Å²) in [6.45, 7) is 0. The lowest BCUT2D eigenvalue weighted by Gasteiger charge is -1.96. The van der Waals surface area contributed by atoms with Crippen molar-refractivity contribution in [3.8, 4) is 17.4 Å². The van der Waals surface area contributed by atoms with Crippen molar-refractivity contribution in [2.75, 3.05) is 0 Å². The van der Waals surface area contributed by atoms with E-state index in [0.717, 1.165) is 0 Å². The van der Waals surface area contributed by atoms with Crippen LogP contribution in [-0.2, 0) is 4.79 Å². The smallest absolute Gasteiger partial charge is 0.270 e. The number of benzene rings is 1. The van der Waals surface area contributed by atoms with Crippen LogP contribution in [0.3, 0.4) is 0 Å². The highest BCUT2D eigenvalue weighted by molar-refractivity contribution is 5.82. The Labute approximate surface area is 124 Å². The zero-order chi connectivity index (χ0) is 15.9. The van der Waals surface area contributed by atoms with Crippen molar-refractivity contribution in [1.82, 2.24) is 5.43 Å². The van der Waals surface area contributed by atoms with Crippen molar-refractivity contribution < 1.29 is 14.1 Å². The number of non-ortho nitro benzene ring substituents is 1. The van der Waals surface area contributed by atoms with Crippen molar-refractivity contribution in [2.45, 2.75) is 6.42 Å². The molecule has 0 saturated carbocycles. The second kappa shape index (κ2) is 6.81. The number of amides is 1. The lowest BCUT2D eigenvalue weighted by Crippen LogP contribution is -2.15. The Morgan fingerprint density at radius 1 is 1.45 bits per heavy atom. The van der Waals surface area contributed by atoms with Gasteiger partial charge in [0, 0.05) is 17.7 Å². The van der Waals surface area contributed by atoms with Crippen LogP contribution in [0.5, 0.6) is 0 Å². The number of hydrazone groups is 1. The van der Waals surface area contributed by atoms with Gasteiger partial charge in [-0.25, -0.2) is 5.43 Å². The summed E-state index contributed by atoms with van der Waals surface area (Å²) in [5, 5.41) is 22.7.